The first kappa shape index (κ1) is 12.0. The number of ether oxygens (including phenoxy) is 1. The van der Waals surface area contributed by atoms with E-state index >= 15 is 0 Å². The molecule has 2 nitrogen and oxygen atoms in total. The van der Waals surface area contributed by atoms with Crippen LogP contribution in [-0.2, 0) is 0 Å². The van der Waals surface area contributed by atoms with E-state index in [9.17, 15) is 4.39 Å². The Morgan fingerprint density at radius 1 is 1.27 bits per heavy atom. The molecule has 0 aliphatic carbocycles. The van der Waals surface area contributed by atoms with Crippen LogP contribution in [-0.4, -0.2) is 13.2 Å². The monoisotopic (exact) mass is 211 g/mol. The Labute approximate surface area is 90.4 Å². The lowest BCUT2D eigenvalue weighted by atomic mass is 10.1. The molecule has 0 amide bonds. The van der Waals surface area contributed by atoms with Gasteiger partial charge in [0, 0.05) is 6.04 Å². The summed E-state index contributed by atoms with van der Waals surface area (Å²) in [6, 6.07) is 5.21. The minimum Gasteiger partial charge on any atom is -0.488 e. The van der Waals surface area contributed by atoms with Gasteiger partial charge in [-0.1, -0.05) is 6.07 Å². The third-order valence-electron chi connectivity index (χ3n) is 2.25. The Morgan fingerprint density at radius 2 is 1.93 bits per heavy atom. The van der Waals surface area contributed by atoms with E-state index in [1.807, 2.05) is 33.9 Å². The highest BCUT2D eigenvalue weighted by molar-refractivity contribution is 5.31. The van der Waals surface area contributed by atoms with Crippen LogP contribution in [0.5, 0.6) is 5.75 Å². The molecule has 1 N–H and O–H groups in total. The summed E-state index contributed by atoms with van der Waals surface area (Å²) < 4.78 is 18.9. The number of benzene rings is 1. The highest BCUT2D eigenvalue weighted by Crippen LogP contribution is 2.22. The fourth-order valence-electron chi connectivity index (χ4n) is 1.30. The molecule has 1 aromatic rings. The SMILES string of the molecule is CN[C@@H](C)c1ccc(OC(C)C)c(F)c1. The lowest BCUT2D eigenvalue weighted by molar-refractivity contribution is 0.231. The van der Waals surface area contributed by atoms with E-state index in [1.54, 1.807) is 6.07 Å². The number of hydrogen-bond donors (Lipinski definition) is 1. The number of nitrogens with one attached hydrogen (secondary N) is 1. The molecule has 0 aliphatic heterocycles. The summed E-state index contributed by atoms with van der Waals surface area (Å²) in [4.78, 5) is 0. The van der Waals surface area contributed by atoms with Gasteiger partial charge in [0.1, 0.15) is 0 Å². The Bertz CT molecular complexity index is 325. The number of rotatable bonds is 4. The van der Waals surface area contributed by atoms with Crippen LogP contribution in [0, 0.1) is 5.82 Å². The maximum absolute atomic E-state index is 13.6. The molecule has 0 saturated carbocycles. The lowest BCUT2D eigenvalue weighted by Crippen LogP contribution is -2.13. The van der Waals surface area contributed by atoms with E-state index in [4.69, 9.17) is 4.74 Å². The summed E-state index contributed by atoms with van der Waals surface area (Å²) in [7, 11) is 1.85. The van der Waals surface area contributed by atoms with Crippen LogP contribution < -0.4 is 10.1 Å². The number of halogens is 1. The first-order chi connectivity index (χ1) is 7.04. The van der Waals surface area contributed by atoms with Gasteiger partial charge in [0.15, 0.2) is 11.6 Å². The van der Waals surface area contributed by atoms with E-state index in [0.717, 1.165) is 5.56 Å². The van der Waals surface area contributed by atoms with Crippen molar-refractivity contribution in [2.24, 2.45) is 0 Å². The van der Waals surface area contributed by atoms with Crippen molar-refractivity contribution < 1.29 is 9.13 Å². The zero-order chi connectivity index (χ0) is 11.4. The molecule has 0 unspecified atom stereocenters. The summed E-state index contributed by atoms with van der Waals surface area (Å²) >= 11 is 0. The van der Waals surface area contributed by atoms with Crippen molar-refractivity contribution in [1.82, 2.24) is 5.32 Å². The quantitative estimate of drug-likeness (QED) is 0.826. The topological polar surface area (TPSA) is 21.3 Å². The Morgan fingerprint density at radius 3 is 2.40 bits per heavy atom. The molecule has 1 atom stereocenters. The van der Waals surface area contributed by atoms with Gasteiger partial charge in [-0.15, -0.1) is 0 Å². The van der Waals surface area contributed by atoms with Crippen molar-refractivity contribution >= 4 is 0 Å². The van der Waals surface area contributed by atoms with Crippen LogP contribution in [0.15, 0.2) is 18.2 Å². The molecule has 0 aromatic heterocycles. The molecule has 15 heavy (non-hydrogen) atoms. The average molecular weight is 211 g/mol. The van der Waals surface area contributed by atoms with Crippen molar-refractivity contribution in [3.63, 3.8) is 0 Å². The Balaban J connectivity index is 2.88. The van der Waals surface area contributed by atoms with E-state index in [-0.39, 0.29) is 18.0 Å². The van der Waals surface area contributed by atoms with Gasteiger partial charge < -0.3 is 10.1 Å². The number of hydrogen-bond acceptors (Lipinski definition) is 2. The van der Waals surface area contributed by atoms with Gasteiger partial charge in [0.2, 0.25) is 0 Å². The molecule has 0 saturated heterocycles. The van der Waals surface area contributed by atoms with Gasteiger partial charge in [-0.3, -0.25) is 0 Å². The molecule has 1 aromatic carbocycles. The summed E-state index contributed by atoms with van der Waals surface area (Å²) in [6.07, 6.45) is -0.00734. The molecule has 0 spiro atoms. The zero-order valence-electron chi connectivity index (χ0n) is 9.67. The van der Waals surface area contributed by atoms with Crippen LogP contribution in [0.1, 0.15) is 32.4 Å². The zero-order valence-corrected chi connectivity index (χ0v) is 9.67. The van der Waals surface area contributed by atoms with Crippen molar-refractivity contribution in [1.29, 1.82) is 0 Å². The smallest absolute Gasteiger partial charge is 0.165 e. The van der Waals surface area contributed by atoms with Crippen molar-refractivity contribution in [2.45, 2.75) is 32.9 Å². The highest BCUT2D eigenvalue weighted by atomic mass is 19.1. The van der Waals surface area contributed by atoms with Crippen LogP contribution in [0.25, 0.3) is 0 Å². The molecule has 1 rings (SSSR count). The Hall–Kier alpha value is -1.09. The lowest BCUT2D eigenvalue weighted by Gasteiger charge is -2.14. The van der Waals surface area contributed by atoms with E-state index in [0.29, 0.717) is 5.75 Å². The van der Waals surface area contributed by atoms with Gasteiger partial charge in [-0.05, 0) is 45.5 Å². The predicted octanol–water partition coefficient (Wildman–Crippen LogP) is 2.89. The first-order valence-electron chi connectivity index (χ1n) is 5.18. The van der Waals surface area contributed by atoms with E-state index in [2.05, 4.69) is 5.32 Å². The molecule has 0 bridgehead atoms. The van der Waals surface area contributed by atoms with Crippen LogP contribution in [0.4, 0.5) is 4.39 Å². The molecule has 0 heterocycles. The molecule has 3 heteroatoms. The van der Waals surface area contributed by atoms with Crippen LogP contribution >= 0.6 is 0 Å². The van der Waals surface area contributed by atoms with E-state index in [1.165, 1.54) is 6.07 Å². The van der Waals surface area contributed by atoms with Gasteiger partial charge in [-0.2, -0.15) is 0 Å². The predicted molar refractivity (Wildman–Crippen MR) is 59.6 cm³/mol. The maximum Gasteiger partial charge on any atom is 0.165 e. The maximum atomic E-state index is 13.6. The van der Waals surface area contributed by atoms with Crippen LogP contribution in [0.3, 0.4) is 0 Å². The second kappa shape index (κ2) is 5.12. The standard InChI is InChI=1S/C12H18FNO/c1-8(2)15-12-6-5-10(7-11(12)13)9(3)14-4/h5-9,14H,1-4H3/t9-/m0/s1. The molecule has 84 valence electrons. The molecule has 0 fully saturated rings. The normalized spacial score (nSPS) is 12.9. The first-order valence-corrected chi connectivity index (χ1v) is 5.18. The van der Waals surface area contributed by atoms with Gasteiger partial charge in [0.25, 0.3) is 0 Å². The summed E-state index contributed by atoms with van der Waals surface area (Å²) in [5, 5.41) is 3.06. The summed E-state index contributed by atoms with van der Waals surface area (Å²) in [6.45, 7) is 5.74. The van der Waals surface area contributed by atoms with E-state index < -0.39 is 0 Å². The average Bonchev–Trinajstić information content (AvgIpc) is 2.19. The van der Waals surface area contributed by atoms with Gasteiger partial charge in [0.05, 0.1) is 6.10 Å². The third kappa shape index (κ3) is 3.20. The van der Waals surface area contributed by atoms with Crippen molar-refractivity contribution in [2.75, 3.05) is 7.05 Å². The largest absolute Gasteiger partial charge is 0.488 e. The van der Waals surface area contributed by atoms with Gasteiger partial charge in [-0.25, -0.2) is 4.39 Å². The van der Waals surface area contributed by atoms with Crippen molar-refractivity contribution in [3.8, 4) is 5.75 Å². The molecular formula is C12H18FNO. The second-order valence-electron chi connectivity index (χ2n) is 3.87. The molecular weight excluding hydrogens is 193 g/mol. The minimum atomic E-state index is -0.302. The van der Waals surface area contributed by atoms with Crippen molar-refractivity contribution in [3.05, 3.63) is 29.6 Å². The summed E-state index contributed by atoms with van der Waals surface area (Å²) in [5.41, 5.74) is 0.922. The highest BCUT2D eigenvalue weighted by Gasteiger charge is 2.09. The Kier molecular flexibility index (Phi) is 4.09. The van der Waals surface area contributed by atoms with Gasteiger partial charge >= 0.3 is 0 Å². The third-order valence-corrected chi connectivity index (χ3v) is 2.25. The fraction of sp³-hybridized carbons (Fsp3) is 0.500. The second-order valence-corrected chi connectivity index (χ2v) is 3.87. The fourth-order valence-corrected chi connectivity index (χ4v) is 1.30. The van der Waals surface area contributed by atoms with Crippen LogP contribution in [0.2, 0.25) is 0 Å². The summed E-state index contributed by atoms with van der Waals surface area (Å²) in [5.74, 6) is 0.0142. The molecule has 0 aliphatic rings. The molecule has 0 radical (unpaired) electrons. The minimum absolute atomic E-state index is 0.00734.